The Labute approximate surface area is 73.8 Å². The lowest BCUT2D eigenvalue weighted by molar-refractivity contribution is 0.425. The molecular formula is C10H16N2. The minimum absolute atomic E-state index is 0.558. The van der Waals surface area contributed by atoms with Gasteiger partial charge < -0.3 is 5.32 Å². The fourth-order valence-corrected chi connectivity index (χ4v) is 1.94. The number of hydrogen-bond donors (Lipinski definition) is 1. The van der Waals surface area contributed by atoms with Crippen LogP contribution in [0.5, 0.6) is 0 Å². The lowest BCUT2D eigenvalue weighted by Gasteiger charge is -2.26. The molecule has 0 radical (unpaired) electrons. The maximum absolute atomic E-state index is 4.54. The van der Waals surface area contributed by atoms with Crippen molar-refractivity contribution in [2.45, 2.75) is 25.3 Å². The van der Waals surface area contributed by atoms with Crippen LogP contribution in [0, 0.1) is 5.92 Å². The standard InChI is InChI=1S/C10H16N2/c1-2-7-12-10(5-1)9-4-3-6-11-8-9/h3-4,7,9-11H,1-2,5-6,8H2. The van der Waals surface area contributed by atoms with Gasteiger partial charge in [0.05, 0.1) is 6.04 Å². The van der Waals surface area contributed by atoms with E-state index in [1.165, 1.54) is 19.3 Å². The molecule has 2 atom stereocenters. The molecule has 2 rings (SSSR count). The molecule has 0 fully saturated rings. The van der Waals surface area contributed by atoms with Gasteiger partial charge in [-0.2, -0.15) is 0 Å². The maximum Gasteiger partial charge on any atom is 0.0570 e. The number of nitrogens with one attached hydrogen (secondary N) is 1. The van der Waals surface area contributed by atoms with E-state index in [0.717, 1.165) is 13.1 Å². The van der Waals surface area contributed by atoms with Crippen LogP contribution in [-0.2, 0) is 0 Å². The molecule has 66 valence electrons. The molecule has 2 unspecified atom stereocenters. The third-order valence-electron chi connectivity index (χ3n) is 2.65. The molecule has 2 aliphatic rings. The molecule has 12 heavy (non-hydrogen) atoms. The van der Waals surface area contributed by atoms with Gasteiger partial charge >= 0.3 is 0 Å². The summed E-state index contributed by atoms with van der Waals surface area (Å²) in [5.41, 5.74) is 0. The van der Waals surface area contributed by atoms with Crippen LogP contribution >= 0.6 is 0 Å². The molecular weight excluding hydrogens is 148 g/mol. The molecule has 0 spiro atoms. The van der Waals surface area contributed by atoms with Gasteiger partial charge in [0, 0.05) is 19.0 Å². The highest BCUT2D eigenvalue weighted by molar-refractivity contribution is 5.58. The number of nitrogens with zero attached hydrogens (tertiary/aromatic N) is 1. The summed E-state index contributed by atoms with van der Waals surface area (Å²) in [4.78, 5) is 4.54. The van der Waals surface area contributed by atoms with Gasteiger partial charge in [0.2, 0.25) is 0 Å². The lowest BCUT2D eigenvalue weighted by atomic mass is 9.92. The van der Waals surface area contributed by atoms with Crippen molar-refractivity contribution in [3.63, 3.8) is 0 Å². The minimum atomic E-state index is 0.558. The number of hydrogen-bond acceptors (Lipinski definition) is 2. The first-order chi connectivity index (χ1) is 5.97. The summed E-state index contributed by atoms with van der Waals surface area (Å²) in [6.45, 7) is 2.14. The Morgan fingerprint density at radius 3 is 3.08 bits per heavy atom. The Kier molecular flexibility index (Phi) is 2.57. The second-order valence-electron chi connectivity index (χ2n) is 3.58. The van der Waals surface area contributed by atoms with Crippen LogP contribution < -0.4 is 5.32 Å². The molecule has 2 aliphatic heterocycles. The average Bonchev–Trinajstić information content (AvgIpc) is 2.21. The van der Waals surface area contributed by atoms with Crippen molar-refractivity contribution in [3.05, 3.63) is 12.2 Å². The summed E-state index contributed by atoms with van der Waals surface area (Å²) in [5.74, 6) is 0.648. The van der Waals surface area contributed by atoms with Gasteiger partial charge in [-0.15, -0.1) is 0 Å². The van der Waals surface area contributed by atoms with E-state index in [1.807, 2.05) is 0 Å². The van der Waals surface area contributed by atoms with Crippen LogP contribution in [0.2, 0.25) is 0 Å². The van der Waals surface area contributed by atoms with Crippen LogP contribution in [0.4, 0.5) is 0 Å². The highest BCUT2D eigenvalue weighted by Crippen LogP contribution is 2.19. The molecule has 0 aromatic carbocycles. The van der Waals surface area contributed by atoms with E-state index in [9.17, 15) is 0 Å². The van der Waals surface area contributed by atoms with Crippen molar-refractivity contribution >= 4 is 6.21 Å². The van der Waals surface area contributed by atoms with Gasteiger partial charge in [0.1, 0.15) is 0 Å². The zero-order valence-electron chi connectivity index (χ0n) is 7.37. The highest BCUT2D eigenvalue weighted by atomic mass is 14.9. The van der Waals surface area contributed by atoms with E-state index in [-0.39, 0.29) is 0 Å². The van der Waals surface area contributed by atoms with Crippen molar-refractivity contribution < 1.29 is 0 Å². The predicted octanol–water partition coefficient (Wildman–Crippen LogP) is 1.39. The Balaban J connectivity index is 1.97. The zero-order valence-corrected chi connectivity index (χ0v) is 7.37. The molecule has 0 aliphatic carbocycles. The largest absolute Gasteiger partial charge is 0.313 e. The summed E-state index contributed by atoms with van der Waals surface area (Å²) in [6, 6.07) is 0.558. The second-order valence-corrected chi connectivity index (χ2v) is 3.58. The van der Waals surface area contributed by atoms with E-state index in [0.29, 0.717) is 12.0 Å². The fraction of sp³-hybridized carbons (Fsp3) is 0.700. The summed E-state index contributed by atoms with van der Waals surface area (Å²) >= 11 is 0. The van der Waals surface area contributed by atoms with Crippen molar-refractivity contribution in [3.8, 4) is 0 Å². The van der Waals surface area contributed by atoms with E-state index in [2.05, 4.69) is 28.7 Å². The third kappa shape index (κ3) is 1.75. The van der Waals surface area contributed by atoms with Crippen LogP contribution in [0.1, 0.15) is 19.3 Å². The third-order valence-corrected chi connectivity index (χ3v) is 2.65. The first kappa shape index (κ1) is 7.99. The molecule has 1 N–H and O–H groups in total. The quantitative estimate of drug-likeness (QED) is 0.582. The molecule has 0 amide bonds. The highest BCUT2D eigenvalue weighted by Gasteiger charge is 2.20. The van der Waals surface area contributed by atoms with Gasteiger partial charge in [-0.05, 0) is 25.5 Å². The Morgan fingerprint density at radius 2 is 2.42 bits per heavy atom. The summed E-state index contributed by atoms with van der Waals surface area (Å²) in [7, 11) is 0. The molecule has 0 aromatic rings. The summed E-state index contributed by atoms with van der Waals surface area (Å²) in [5, 5.41) is 3.37. The average molecular weight is 164 g/mol. The van der Waals surface area contributed by atoms with E-state index in [4.69, 9.17) is 0 Å². The van der Waals surface area contributed by atoms with Crippen LogP contribution in [-0.4, -0.2) is 25.3 Å². The van der Waals surface area contributed by atoms with Crippen molar-refractivity contribution in [2.24, 2.45) is 10.9 Å². The van der Waals surface area contributed by atoms with Gasteiger partial charge in [-0.1, -0.05) is 12.2 Å². The van der Waals surface area contributed by atoms with Crippen LogP contribution in [0.15, 0.2) is 17.1 Å². The molecule has 0 bridgehead atoms. The molecule has 2 nitrogen and oxygen atoms in total. The smallest absolute Gasteiger partial charge is 0.0570 e. The van der Waals surface area contributed by atoms with Gasteiger partial charge in [-0.3, -0.25) is 4.99 Å². The molecule has 2 heterocycles. The van der Waals surface area contributed by atoms with E-state index < -0.39 is 0 Å². The minimum Gasteiger partial charge on any atom is -0.313 e. The maximum atomic E-state index is 4.54. The molecule has 0 aromatic heterocycles. The Hall–Kier alpha value is -0.630. The van der Waals surface area contributed by atoms with Crippen molar-refractivity contribution in [1.29, 1.82) is 0 Å². The molecule has 0 saturated heterocycles. The lowest BCUT2D eigenvalue weighted by Crippen LogP contribution is -2.33. The number of aliphatic imine (C=N–C) groups is 1. The molecule has 0 saturated carbocycles. The van der Waals surface area contributed by atoms with Crippen LogP contribution in [0.3, 0.4) is 0 Å². The Bertz CT molecular complexity index is 174. The zero-order chi connectivity index (χ0) is 8.23. The van der Waals surface area contributed by atoms with Gasteiger partial charge in [-0.25, -0.2) is 0 Å². The van der Waals surface area contributed by atoms with E-state index >= 15 is 0 Å². The normalized spacial score (nSPS) is 35.3. The van der Waals surface area contributed by atoms with Crippen LogP contribution in [0.25, 0.3) is 0 Å². The van der Waals surface area contributed by atoms with E-state index in [1.54, 1.807) is 0 Å². The van der Waals surface area contributed by atoms with Crippen molar-refractivity contribution in [1.82, 2.24) is 5.32 Å². The topological polar surface area (TPSA) is 24.4 Å². The first-order valence-electron chi connectivity index (χ1n) is 4.86. The van der Waals surface area contributed by atoms with Gasteiger partial charge in [0.25, 0.3) is 0 Å². The summed E-state index contributed by atoms with van der Waals surface area (Å²) < 4.78 is 0. The van der Waals surface area contributed by atoms with Gasteiger partial charge in [0.15, 0.2) is 0 Å². The number of rotatable bonds is 1. The first-order valence-corrected chi connectivity index (χ1v) is 4.86. The predicted molar refractivity (Wildman–Crippen MR) is 51.6 cm³/mol. The Morgan fingerprint density at radius 1 is 1.42 bits per heavy atom. The second kappa shape index (κ2) is 3.85. The monoisotopic (exact) mass is 164 g/mol. The SMILES string of the molecule is C1=CC(C2CCCC=N2)CNC1. The summed E-state index contributed by atoms with van der Waals surface area (Å²) in [6.07, 6.45) is 10.4. The fourth-order valence-electron chi connectivity index (χ4n) is 1.94. The molecule has 2 heteroatoms. The van der Waals surface area contributed by atoms with Crippen molar-refractivity contribution in [2.75, 3.05) is 13.1 Å².